The highest BCUT2D eigenvalue weighted by Gasteiger charge is 2.09. The average molecular weight is 313 g/mol. The first-order chi connectivity index (χ1) is 8.40. The van der Waals surface area contributed by atoms with Crippen LogP contribution in [0.25, 0.3) is 0 Å². The van der Waals surface area contributed by atoms with Crippen LogP contribution in [0.5, 0.6) is 0 Å². The van der Waals surface area contributed by atoms with Gasteiger partial charge in [-0.25, -0.2) is 0 Å². The molecule has 0 aliphatic rings. The Morgan fingerprint density at radius 3 is 2.56 bits per heavy atom. The Bertz CT molecular complexity index is 377. The van der Waals surface area contributed by atoms with Gasteiger partial charge in [-0.2, -0.15) is 0 Å². The first-order valence-corrected chi connectivity index (χ1v) is 7.38. The van der Waals surface area contributed by atoms with E-state index in [1.807, 2.05) is 0 Å². The number of hydrogen-bond acceptors (Lipinski definition) is 2. The van der Waals surface area contributed by atoms with Gasteiger partial charge in [0.2, 0.25) is 0 Å². The third kappa shape index (κ3) is 5.09. The molecule has 0 aromatic heterocycles. The van der Waals surface area contributed by atoms with Crippen molar-refractivity contribution in [2.45, 2.75) is 39.8 Å². The van der Waals surface area contributed by atoms with E-state index in [1.54, 1.807) is 0 Å². The predicted molar refractivity (Wildman–Crippen MR) is 82.6 cm³/mol. The Labute approximate surface area is 120 Å². The standard InChI is InChI=1S/C15H25BrN2/c1-11(2)15(17)7-8-18(4)10-13-6-5-12(3)14(16)9-13/h5-6,9,11,15H,7-8,10,17H2,1-4H3. The second kappa shape index (κ2) is 7.27. The first kappa shape index (κ1) is 15.7. The van der Waals surface area contributed by atoms with E-state index >= 15 is 0 Å². The summed E-state index contributed by atoms with van der Waals surface area (Å²) in [5.74, 6) is 0.562. The molecule has 2 N–H and O–H groups in total. The highest BCUT2D eigenvalue weighted by Crippen LogP contribution is 2.18. The molecule has 1 rings (SSSR count). The van der Waals surface area contributed by atoms with Gasteiger partial charge in [-0.15, -0.1) is 0 Å². The summed E-state index contributed by atoms with van der Waals surface area (Å²) in [4.78, 5) is 2.33. The van der Waals surface area contributed by atoms with Crippen molar-refractivity contribution in [2.75, 3.05) is 13.6 Å². The SMILES string of the molecule is Cc1ccc(CN(C)CCC(N)C(C)C)cc1Br. The molecule has 102 valence electrons. The molecule has 1 aromatic carbocycles. The lowest BCUT2D eigenvalue weighted by atomic mass is 10.0. The Balaban J connectivity index is 2.44. The third-order valence-electron chi connectivity index (χ3n) is 3.39. The van der Waals surface area contributed by atoms with Crippen molar-refractivity contribution in [3.05, 3.63) is 33.8 Å². The van der Waals surface area contributed by atoms with Crippen molar-refractivity contribution in [3.63, 3.8) is 0 Å². The maximum absolute atomic E-state index is 6.07. The second-order valence-electron chi connectivity index (χ2n) is 5.52. The number of rotatable bonds is 6. The number of benzene rings is 1. The van der Waals surface area contributed by atoms with Crippen LogP contribution >= 0.6 is 15.9 Å². The van der Waals surface area contributed by atoms with E-state index in [0.717, 1.165) is 19.5 Å². The van der Waals surface area contributed by atoms with Gasteiger partial charge in [-0.1, -0.05) is 41.9 Å². The number of nitrogens with zero attached hydrogens (tertiary/aromatic N) is 1. The Kier molecular flexibility index (Phi) is 6.33. The zero-order valence-corrected chi connectivity index (χ0v) is 13.5. The second-order valence-corrected chi connectivity index (χ2v) is 6.37. The topological polar surface area (TPSA) is 29.3 Å². The third-order valence-corrected chi connectivity index (χ3v) is 4.24. The molecule has 0 fully saturated rings. The highest BCUT2D eigenvalue weighted by atomic mass is 79.9. The van der Waals surface area contributed by atoms with E-state index in [-0.39, 0.29) is 0 Å². The van der Waals surface area contributed by atoms with Gasteiger partial charge in [0.15, 0.2) is 0 Å². The Hall–Kier alpha value is -0.380. The van der Waals surface area contributed by atoms with Gasteiger partial charge >= 0.3 is 0 Å². The van der Waals surface area contributed by atoms with E-state index in [2.05, 4.69) is 66.8 Å². The largest absolute Gasteiger partial charge is 0.327 e. The molecule has 0 spiro atoms. The van der Waals surface area contributed by atoms with Crippen LogP contribution in [0.4, 0.5) is 0 Å². The summed E-state index contributed by atoms with van der Waals surface area (Å²) in [6.45, 7) is 8.50. The zero-order chi connectivity index (χ0) is 13.7. The molecule has 0 saturated heterocycles. The summed E-state index contributed by atoms with van der Waals surface area (Å²) in [7, 11) is 2.15. The maximum Gasteiger partial charge on any atom is 0.0231 e. The summed E-state index contributed by atoms with van der Waals surface area (Å²) in [6, 6.07) is 6.86. The van der Waals surface area contributed by atoms with Gasteiger partial charge in [0.05, 0.1) is 0 Å². The van der Waals surface area contributed by atoms with Crippen LogP contribution in [-0.2, 0) is 6.54 Å². The molecule has 18 heavy (non-hydrogen) atoms. The fraction of sp³-hybridized carbons (Fsp3) is 0.600. The summed E-state index contributed by atoms with van der Waals surface area (Å²) < 4.78 is 1.19. The van der Waals surface area contributed by atoms with Crippen LogP contribution in [0.3, 0.4) is 0 Å². The normalized spacial score (nSPS) is 13.3. The van der Waals surface area contributed by atoms with E-state index in [1.165, 1.54) is 15.6 Å². The minimum absolute atomic E-state index is 0.303. The van der Waals surface area contributed by atoms with Crippen molar-refractivity contribution in [1.82, 2.24) is 4.90 Å². The molecule has 0 aliphatic heterocycles. The molecular formula is C15H25BrN2. The average Bonchev–Trinajstić information content (AvgIpc) is 2.30. The van der Waals surface area contributed by atoms with E-state index in [4.69, 9.17) is 5.73 Å². The minimum atomic E-state index is 0.303. The molecule has 1 atom stereocenters. The number of hydrogen-bond donors (Lipinski definition) is 1. The summed E-state index contributed by atoms with van der Waals surface area (Å²) in [5, 5.41) is 0. The predicted octanol–water partition coefficient (Wildman–Crippen LogP) is 3.56. The molecule has 0 radical (unpaired) electrons. The molecule has 0 heterocycles. The van der Waals surface area contributed by atoms with Gasteiger partial charge in [0, 0.05) is 17.1 Å². The fourth-order valence-corrected chi connectivity index (χ4v) is 2.25. The van der Waals surface area contributed by atoms with Crippen LogP contribution in [0.15, 0.2) is 22.7 Å². The summed E-state index contributed by atoms with van der Waals surface area (Å²) in [5.41, 5.74) is 8.69. The van der Waals surface area contributed by atoms with Gasteiger partial charge in [0.1, 0.15) is 0 Å². The summed E-state index contributed by atoms with van der Waals surface area (Å²) in [6.07, 6.45) is 1.06. The monoisotopic (exact) mass is 312 g/mol. The molecule has 0 amide bonds. The lowest BCUT2D eigenvalue weighted by Crippen LogP contribution is -2.31. The van der Waals surface area contributed by atoms with Gasteiger partial charge in [0.25, 0.3) is 0 Å². The highest BCUT2D eigenvalue weighted by molar-refractivity contribution is 9.10. The molecule has 0 saturated carbocycles. The van der Waals surface area contributed by atoms with Crippen LogP contribution < -0.4 is 5.73 Å². The van der Waals surface area contributed by atoms with Crippen LogP contribution in [0, 0.1) is 12.8 Å². The minimum Gasteiger partial charge on any atom is -0.327 e. The van der Waals surface area contributed by atoms with Crippen molar-refractivity contribution < 1.29 is 0 Å². The van der Waals surface area contributed by atoms with Gasteiger partial charge < -0.3 is 10.6 Å². The van der Waals surface area contributed by atoms with Crippen LogP contribution in [-0.4, -0.2) is 24.5 Å². The lowest BCUT2D eigenvalue weighted by Gasteiger charge is -2.21. The fourth-order valence-electron chi connectivity index (χ4n) is 1.83. The zero-order valence-electron chi connectivity index (χ0n) is 11.9. The number of aryl methyl sites for hydroxylation is 1. The molecule has 2 nitrogen and oxygen atoms in total. The molecular weight excluding hydrogens is 288 g/mol. The quantitative estimate of drug-likeness (QED) is 0.870. The van der Waals surface area contributed by atoms with Crippen LogP contribution in [0.2, 0.25) is 0 Å². The van der Waals surface area contributed by atoms with Gasteiger partial charge in [-0.3, -0.25) is 0 Å². The summed E-state index contributed by atoms with van der Waals surface area (Å²) >= 11 is 3.58. The van der Waals surface area contributed by atoms with E-state index in [9.17, 15) is 0 Å². The van der Waals surface area contributed by atoms with Crippen molar-refractivity contribution in [2.24, 2.45) is 11.7 Å². The van der Waals surface area contributed by atoms with Crippen molar-refractivity contribution >= 4 is 15.9 Å². The molecule has 1 unspecified atom stereocenters. The van der Waals surface area contributed by atoms with E-state index in [0.29, 0.717) is 12.0 Å². The van der Waals surface area contributed by atoms with Crippen molar-refractivity contribution in [1.29, 1.82) is 0 Å². The maximum atomic E-state index is 6.07. The smallest absolute Gasteiger partial charge is 0.0231 e. The first-order valence-electron chi connectivity index (χ1n) is 6.59. The molecule has 0 aliphatic carbocycles. The molecule has 3 heteroatoms. The molecule has 1 aromatic rings. The Morgan fingerprint density at radius 1 is 1.33 bits per heavy atom. The Morgan fingerprint density at radius 2 is 2.00 bits per heavy atom. The number of nitrogens with two attached hydrogens (primary N) is 1. The van der Waals surface area contributed by atoms with Gasteiger partial charge in [-0.05, 0) is 50.0 Å². The number of halogens is 1. The van der Waals surface area contributed by atoms with E-state index < -0.39 is 0 Å². The van der Waals surface area contributed by atoms with Crippen molar-refractivity contribution in [3.8, 4) is 0 Å². The molecule has 0 bridgehead atoms. The van der Waals surface area contributed by atoms with Crippen LogP contribution in [0.1, 0.15) is 31.4 Å². The lowest BCUT2D eigenvalue weighted by molar-refractivity contribution is 0.296.